The minimum Gasteiger partial charge on any atom is -0.390 e. The molecular weight excluding hydrogens is 944 g/mol. The van der Waals surface area contributed by atoms with Gasteiger partial charge in [0.05, 0.1) is 30.6 Å². The van der Waals surface area contributed by atoms with Crippen LogP contribution in [0, 0.1) is 35.0 Å². The van der Waals surface area contributed by atoms with Crippen LogP contribution in [0.2, 0.25) is 0 Å². The van der Waals surface area contributed by atoms with Gasteiger partial charge in [-0.25, -0.2) is 14.4 Å². The third-order valence-corrected chi connectivity index (χ3v) is 16.0. The Labute approximate surface area is 421 Å². The van der Waals surface area contributed by atoms with Crippen LogP contribution in [0.5, 0.6) is 0 Å². The van der Waals surface area contributed by atoms with E-state index in [0.717, 1.165) is 6.42 Å². The van der Waals surface area contributed by atoms with Crippen LogP contribution < -0.4 is 32.7 Å². The second-order valence-corrected chi connectivity index (χ2v) is 20.5. The van der Waals surface area contributed by atoms with Crippen LogP contribution in [0.4, 0.5) is 21.8 Å². The standard InChI is InChI=1S/C52H64FN10O10/c1-28-23-38-37-15-7-30-24-36(67)19-21-49(30,2)51(37,53)41(69)25-50(38,3)52(28,73)47(72)57-22-20-35(66)13-12-33(64)10-11-34(65)14-17-40(68)39(16-18-42(54)70)60-46(71)29-5-8-32(9-6-29)63(4)27-31-26-58-45-43(59-31)44(55)61-48(56)62-45/h5-6,8-9,17,19,21,24,26,28,37-39,41,69,73H,7,10-16,18,20,22-23,25,27H2,1-4H3,(H2,54,70)(H,57,72)(H,60,71)(H4,55,56,58,61,62)/t28-,37?,38?,39+,41+,49+,50+,51?,52?/m1/s1. The lowest BCUT2D eigenvalue weighted by Gasteiger charge is -2.62. The second kappa shape index (κ2) is 21.3. The van der Waals surface area contributed by atoms with Crippen molar-refractivity contribution in [3.63, 3.8) is 0 Å². The normalized spacial score (nSPS) is 27.4. The number of carbonyl (C=O) groups is 8. The number of primary amides is 1. The molecule has 10 N–H and O–H groups in total. The van der Waals surface area contributed by atoms with Gasteiger partial charge in [0.15, 0.2) is 39.8 Å². The predicted octanol–water partition coefficient (Wildman–Crippen LogP) is 2.87. The molecule has 4 unspecified atom stereocenters. The molecule has 0 saturated heterocycles. The van der Waals surface area contributed by atoms with Crippen molar-refractivity contribution in [3.8, 4) is 0 Å². The van der Waals surface area contributed by atoms with Crippen molar-refractivity contribution >= 4 is 75.3 Å². The number of benzene rings is 1. The number of nitrogens with one attached hydrogen (secondary N) is 2. The Kier molecular flexibility index (Phi) is 15.7. The van der Waals surface area contributed by atoms with Crippen LogP contribution in [0.15, 0.2) is 54.3 Å². The van der Waals surface area contributed by atoms with E-state index in [9.17, 15) is 48.6 Å². The number of fused-ring (bicyclic) bond motifs is 6. The SMILES string of the molecule is C[C@@H]1CC2C3CCC4=CC(=O)C=C[C@]4(C)C3(F)[C@@H](O)C[C@]2(C)C1(O)C(=O)NCCC(=O)CCC(=O)CCC(=O)C[CH]C(=O)[C@H](CCC(N)=O)NC(=O)c1ccc(N(C)Cc2cnc3nc(N)nc(N)c3n2)cc1. The van der Waals surface area contributed by atoms with Crippen molar-refractivity contribution in [1.29, 1.82) is 0 Å². The van der Waals surface area contributed by atoms with E-state index in [1.807, 2.05) is 4.90 Å². The number of hydrogen-bond acceptors (Lipinski definition) is 17. The third kappa shape index (κ3) is 10.6. The quantitative estimate of drug-likeness (QED) is 0.0761. The van der Waals surface area contributed by atoms with E-state index >= 15 is 4.39 Å². The van der Waals surface area contributed by atoms with Crippen LogP contribution in [0.25, 0.3) is 11.2 Å². The molecule has 3 aromatic rings. The molecule has 3 amide bonds. The highest BCUT2D eigenvalue weighted by atomic mass is 19.1. The van der Waals surface area contributed by atoms with Crippen LogP contribution in [0.3, 0.4) is 0 Å². The number of nitrogens with two attached hydrogens (primary N) is 3. The highest BCUT2D eigenvalue weighted by Crippen LogP contribution is 2.70. The number of aliphatic hydroxyl groups is 2. The number of Topliss-reactive ketones (excluding diaryl/α,β-unsaturated/α-hetero) is 4. The zero-order valence-electron chi connectivity index (χ0n) is 41.5. The zero-order chi connectivity index (χ0) is 53.2. The molecule has 4 aliphatic carbocycles. The summed E-state index contributed by atoms with van der Waals surface area (Å²) < 4.78 is 17.5. The van der Waals surface area contributed by atoms with Gasteiger partial charge in [-0.05, 0) is 87.3 Å². The lowest BCUT2D eigenvalue weighted by Crippen LogP contribution is -2.70. The fourth-order valence-corrected chi connectivity index (χ4v) is 11.8. The number of anilines is 3. The summed E-state index contributed by atoms with van der Waals surface area (Å²) in [6.45, 7) is 5.33. The summed E-state index contributed by atoms with van der Waals surface area (Å²) in [7, 11) is 1.80. The van der Waals surface area contributed by atoms with Gasteiger partial charge in [0.2, 0.25) is 11.9 Å². The van der Waals surface area contributed by atoms with Crippen LogP contribution in [-0.4, -0.2) is 114 Å². The van der Waals surface area contributed by atoms with E-state index in [1.54, 1.807) is 58.2 Å². The summed E-state index contributed by atoms with van der Waals surface area (Å²) in [5.74, 6) is -5.68. The average Bonchev–Trinajstić information content (AvgIpc) is 3.54. The molecular formula is C52H64FN10O10. The maximum Gasteiger partial charge on any atom is 0.252 e. The Morgan fingerprint density at radius 2 is 1.62 bits per heavy atom. The lowest BCUT2D eigenvalue weighted by molar-refractivity contribution is -0.219. The molecule has 389 valence electrons. The van der Waals surface area contributed by atoms with Gasteiger partial charge in [-0.2, -0.15) is 9.97 Å². The van der Waals surface area contributed by atoms with E-state index in [0.29, 0.717) is 48.3 Å². The van der Waals surface area contributed by atoms with Crippen LogP contribution in [-0.2, 0) is 40.1 Å². The number of amides is 3. The van der Waals surface area contributed by atoms with Crippen molar-refractivity contribution in [1.82, 2.24) is 30.6 Å². The molecule has 3 saturated carbocycles. The molecule has 20 nitrogen and oxygen atoms in total. The van der Waals surface area contributed by atoms with Crippen LogP contribution >= 0.6 is 0 Å². The number of rotatable bonds is 22. The molecule has 0 bridgehead atoms. The topological polar surface area (TPSA) is 334 Å². The Balaban J connectivity index is 0.827. The van der Waals surface area contributed by atoms with E-state index in [2.05, 4.69) is 30.6 Å². The van der Waals surface area contributed by atoms with Gasteiger partial charge < -0.3 is 42.9 Å². The van der Waals surface area contributed by atoms with Crippen LogP contribution in [0.1, 0.15) is 114 Å². The number of hydrogen-bond donors (Lipinski definition) is 7. The molecule has 4 aliphatic rings. The summed E-state index contributed by atoms with van der Waals surface area (Å²) in [5, 5.41) is 29.1. The van der Waals surface area contributed by atoms with Gasteiger partial charge in [0.1, 0.15) is 17.3 Å². The molecule has 73 heavy (non-hydrogen) atoms. The largest absolute Gasteiger partial charge is 0.390 e. The minimum absolute atomic E-state index is 0.0179. The molecule has 21 heteroatoms. The monoisotopic (exact) mass is 1010 g/mol. The molecule has 0 spiro atoms. The zero-order valence-corrected chi connectivity index (χ0v) is 41.5. The number of ketones is 5. The Hall–Kier alpha value is -6.87. The Bertz CT molecular complexity index is 2790. The van der Waals surface area contributed by atoms with Crippen molar-refractivity contribution in [2.45, 2.75) is 128 Å². The Morgan fingerprint density at radius 1 is 0.945 bits per heavy atom. The first-order valence-corrected chi connectivity index (χ1v) is 24.6. The van der Waals surface area contributed by atoms with Crippen molar-refractivity contribution < 1.29 is 53.0 Å². The number of alkyl halides is 1. The summed E-state index contributed by atoms with van der Waals surface area (Å²) >= 11 is 0. The molecule has 7 rings (SSSR count). The number of aromatic nitrogens is 4. The van der Waals surface area contributed by atoms with Gasteiger partial charge in [-0.1, -0.05) is 25.5 Å². The molecule has 2 aromatic heterocycles. The fourth-order valence-electron chi connectivity index (χ4n) is 11.8. The molecule has 2 heterocycles. The smallest absolute Gasteiger partial charge is 0.252 e. The minimum atomic E-state index is -2.12. The number of aliphatic hydroxyl groups excluding tert-OH is 1. The van der Waals surface area contributed by atoms with Crippen molar-refractivity contribution in [2.75, 3.05) is 30.0 Å². The first-order chi connectivity index (χ1) is 34.4. The van der Waals surface area contributed by atoms with Gasteiger partial charge in [-0.3, -0.25) is 38.4 Å². The second-order valence-electron chi connectivity index (χ2n) is 20.5. The number of nitrogen functional groups attached to an aromatic ring is 2. The highest BCUT2D eigenvalue weighted by Gasteiger charge is 2.75. The van der Waals surface area contributed by atoms with Gasteiger partial charge in [0.25, 0.3) is 11.8 Å². The summed E-state index contributed by atoms with van der Waals surface area (Å²) in [6.07, 6.45) is 4.84. The van der Waals surface area contributed by atoms with Gasteiger partial charge in [0, 0.05) is 93.0 Å². The first kappa shape index (κ1) is 53.9. The molecule has 1 radical (unpaired) electrons. The summed E-state index contributed by atoms with van der Waals surface area (Å²) in [6, 6.07) is 5.31. The molecule has 1 aromatic carbocycles. The molecule has 3 fully saturated rings. The predicted molar refractivity (Wildman–Crippen MR) is 265 cm³/mol. The van der Waals surface area contributed by atoms with E-state index < -0.39 is 81.3 Å². The van der Waals surface area contributed by atoms with Crippen molar-refractivity contribution in [3.05, 3.63) is 71.9 Å². The third-order valence-electron chi connectivity index (χ3n) is 16.0. The molecule has 0 aliphatic heterocycles. The average molecular weight is 1010 g/mol. The number of carbonyl (C=O) groups excluding carboxylic acids is 8. The number of nitrogens with zero attached hydrogens (tertiary/aromatic N) is 5. The van der Waals surface area contributed by atoms with Crippen molar-refractivity contribution in [2.24, 2.45) is 34.3 Å². The van der Waals surface area contributed by atoms with Gasteiger partial charge >= 0.3 is 0 Å². The summed E-state index contributed by atoms with van der Waals surface area (Å²) in [5.41, 5.74) is 13.1. The number of halogens is 1. The maximum absolute atomic E-state index is 17.5. The Morgan fingerprint density at radius 3 is 2.30 bits per heavy atom. The van der Waals surface area contributed by atoms with Gasteiger partial charge in [-0.15, -0.1) is 0 Å². The van der Waals surface area contributed by atoms with E-state index in [1.165, 1.54) is 18.3 Å². The maximum atomic E-state index is 17.5. The summed E-state index contributed by atoms with van der Waals surface area (Å²) in [4.78, 5) is 121. The number of allylic oxidation sites excluding steroid dienone is 4. The lowest BCUT2D eigenvalue weighted by atomic mass is 9.44. The first-order valence-electron chi connectivity index (χ1n) is 24.6. The fraction of sp³-hybridized carbons (Fsp3) is 0.519. The van der Waals surface area contributed by atoms with E-state index in [4.69, 9.17) is 17.2 Å². The van der Waals surface area contributed by atoms with E-state index in [-0.39, 0.29) is 105 Å². The molecule has 9 atom stereocenters. The highest BCUT2D eigenvalue weighted by molar-refractivity contribution is 6.03.